The smallest absolute Gasteiger partial charge is 0.550 e. The molecule has 0 aromatic carbocycles. The van der Waals surface area contributed by atoms with Crippen LogP contribution in [-0.4, -0.2) is 66.8 Å². The Morgan fingerprint density at radius 3 is 1.67 bits per heavy atom. The first-order valence-corrected chi connectivity index (χ1v) is 0.908. The van der Waals surface area contributed by atoms with Crippen LogP contribution in [-0.2, 0) is 4.79 Å². The van der Waals surface area contributed by atoms with Gasteiger partial charge < -0.3 is 9.90 Å². The van der Waals surface area contributed by atoms with Gasteiger partial charge >= 0.3 is 60.8 Å². The van der Waals surface area contributed by atoms with E-state index in [1.807, 2.05) is 0 Å². The first kappa shape index (κ1) is 15.6. The summed E-state index contributed by atoms with van der Waals surface area (Å²) in [5.41, 5.74) is 0. The van der Waals surface area contributed by atoms with Crippen LogP contribution in [0.5, 0.6) is 0 Å². The van der Waals surface area contributed by atoms with E-state index in [0.717, 1.165) is 6.92 Å². The van der Waals surface area contributed by atoms with Gasteiger partial charge in [0.15, 0.2) is 0 Å². The quantitative estimate of drug-likeness (QED) is 0.350. The zero-order valence-electron chi connectivity index (χ0n) is 3.73. The summed E-state index contributed by atoms with van der Waals surface area (Å²) >= 11 is 0. The summed E-state index contributed by atoms with van der Waals surface area (Å²) in [5, 5.41) is 8.89. The topological polar surface area (TPSA) is 40.1 Å². The van der Waals surface area contributed by atoms with E-state index < -0.39 is 5.97 Å². The van der Waals surface area contributed by atoms with Gasteiger partial charge in [-0.15, -0.1) is 0 Å². The molecule has 0 aliphatic carbocycles. The number of hydrogen-bond donors (Lipinski definition) is 0. The van der Waals surface area contributed by atoms with Gasteiger partial charge in [0.05, 0.1) is 0 Å². The first-order valence-electron chi connectivity index (χ1n) is 0.908. The molecule has 0 spiro atoms. The molecule has 0 amide bonds. The Morgan fingerprint density at radius 1 is 1.67 bits per heavy atom. The third-order valence-corrected chi connectivity index (χ3v) is 0. The van der Waals surface area contributed by atoms with Gasteiger partial charge in [-0.2, -0.15) is 0 Å². The number of hydrogen-bond acceptors (Lipinski definition) is 2. The van der Waals surface area contributed by atoms with Crippen molar-refractivity contribution in [3.63, 3.8) is 0 Å². The molecule has 0 N–H and O–H groups in total. The number of aliphatic carboxylic acids is 1. The van der Waals surface area contributed by atoms with Crippen LogP contribution in [0.25, 0.3) is 0 Å². The fraction of sp³-hybridized carbons (Fsp3) is 0.500. The molecule has 0 aliphatic heterocycles. The molecule has 0 aromatic heterocycles. The van der Waals surface area contributed by atoms with Gasteiger partial charge in [0.25, 0.3) is 0 Å². The predicted octanol–water partition coefficient (Wildman–Crippen LogP) is -2.01. The van der Waals surface area contributed by atoms with Gasteiger partial charge in [-0.3, -0.25) is 0 Å². The molecule has 0 atom stereocenters. The maximum Gasteiger partial charge on any atom is 2.00 e. The Morgan fingerprint density at radius 2 is 1.67 bits per heavy atom. The molecule has 0 radical (unpaired) electrons. The number of carbonyl (C=O) groups is 1. The third kappa shape index (κ3) is 49.6. The summed E-state index contributed by atoms with van der Waals surface area (Å²) in [6.45, 7) is 0.972. The van der Waals surface area contributed by atoms with E-state index in [9.17, 15) is 0 Å². The Bertz CT molecular complexity index is 34.5. The van der Waals surface area contributed by atoms with Crippen molar-refractivity contribution in [1.29, 1.82) is 0 Å². The molecule has 6 heavy (non-hydrogen) atoms. The van der Waals surface area contributed by atoms with Crippen molar-refractivity contribution in [2.24, 2.45) is 0 Å². The molecule has 0 bridgehead atoms. The molecule has 0 saturated heterocycles. The van der Waals surface area contributed by atoms with Crippen LogP contribution in [0.1, 0.15) is 6.92 Å². The fourth-order valence-corrected chi connectivity index (χ4v) is 0. The van der Waals surface area contributed by atoms with E-state index in [0.29, 0.717) is 0 Å². The van der Waals surface area contributed by atoms with Crippen molar-refractivity contribution in [2.75, 3.05) is 0 Å². The van der Waals surface area contributed by atoms with E-state index >= 15 is 0 Å². The molecule has 24 valence electrons. The fourth-order valence-electron chi connectivity index (χ4n) is 0. The van der Waals surface area contributed by atoms with Crippen LogP contribution in [0, 0.1) is 0 Å². The average Bonchev–Trinajstić information content (AvgIpc) is 0.811. The Balaban J connectivity index is -0.0000000450. The summed E-state index contributed by atoms with van der Waals surface area (Å²) < 4.78 is 0. The predicted molar refractivity (Wildman–Crippen MR) is 22.2 cm³/mol. The van der Waals surface area contributed by atoms with Gasteiger partial charge in [0.1, 0.15) is 0 Å². The summed E-state index contributed by atoms with van der Waals surface area (Å²) in [7, 11) is 0. The largest absolute Gasteiger partial charge is 2.00 e. The molecule has 4 heteroatoms. The number of carbonyl (C=O) groups excluding carboxylic acids is 1. The first-order chi connectivity index (χ1) is 1.73. The maximum absolute atomic E-state index is 8.89. The molecule has 0 saturated carbocycles. The van der Waals surface area contributed by atoms with E-state index in [1.165, 1.54) is 0 Å². The minimum absolute atomic E-state index is 0. The molecule has 0 fully saturated rings. The van der Waals surface area contributed by atoms with Crippen molar-refractivity contribution >= 4 is 66.8 Å². The zero-order chi connectivity index (χ0) is 3.58. The van der Waals surface area contributed by atoms with Crippen LogP contribution in [0.4, 0.5) is 0 Å². The zero-order valence-corrected chi connectivity index (χ0v) is 7.35. The normalized spacial score (nSPS) is 4.17. The average molecular weight is 123 g/mol. The molecular formula is C2H3CaMgO2+3. The van der Waals surface area contributed by atoms with Gasteiger partial charge in [-0.05, 0) is 6.92 Å². The summed E-state index contributed by atoms with van der Waals surface area (Å²) in [6.07, 6.45) is 0. The van der Waals surface area contributed by atoms with Crippen molar-refractivity contribution in [3.8, 4) is 0 Å². The van der Waals surface area contributed by atoms with Crippen LogP contribution >= 0.6 is 0 Å². The molecule has 0 aliphatic rings. The molecule has 0 aromatic rings. The number of carboxylic acid groups (broad SMARTS) is 1. The van der Waals surface area contributed by atoms with Crippen LogP contribution in [0.15, 0.2) is 0 Å². The van der Waals surface area contributed by atoms with Crippen molar-refractivity contribution in [1.82, 2.24) is 0 Å². The summed E-state index contributed by atoms with van der Waals surface area (Å²) in [6, 6.07) is 0. The van der Waals surface area contributed by atoms with Crippen molar-refractivity contribution in [2.45, 2.75) is 6.92 Å². The molecule has 0 rings (SSSR count). The van der Waals surface area contributed by atoms with E-state index in [-0.39, 0.29) is 60.8 Å². The second-order valence-corrected chi connectivity index (χ2v) is 0.492. The summed E-state index contributed by atoms with van der Waals surface area (Å²) in [4.78, 5) is 8.89. The minimum Gasteiger partial charge on any atom is -0.550 e. The van der Waals surface area contributed by atoms with Crippen LogP contribution in [0.2, 0.25) is 0 Å². The molecule has 0 heterocycles. The second-order valence-electron chi connectivity index (χ2n) is 0.492. The monoisotopic (exact) mass is 123 g/mol. The minimum atomic E-state index is -1.08. The Kier molecular flexibility index (Phi) is 25.3. The van der Waals surface area contributed by atoms with E-state index in [2.05, 4.69) is 0 Å². The van der Waals surface area contributed by atoms with Crippen LogP contribution in [0.3, 0.4) is 0 Å². The second kappa shape index (κ2) is 9.71. The molecular weight excluding hydrogens is 120 g/mol. The van der Waals surface area contributed by atoms with Crippen molar-refractivity contribution < 1.29 is 9.90 Å². The third-order valence-electron chi connectivity index (χ3n) is 0. The van der Waals surface area contributed by atoms with Crippen molar-refractivity contribution in [3.05, 3.63) is 0 Å². The Labute approximate surface area is 82.4 Å². The van der Waals surface area contributed by atoms with Crippen LogP contribution < -0.4 is 5.11 Å². The van der Waals surface area contributed by atoms with Gasteiger partial charge in [0, 0.05) is 5.97 Å². The standard InChI is InChI=1S/C2H4O2.Ca.Mg/c1-2(3)4;;/h1H3,(H,3,4);;/q;2*+2/p-1. The van der Waals surface area contributed by atoms with E-state index in [4.69, 9.17) is 9.90 Å². The van der Waals surface area contributed by atoms with Gasteiger partial charge in [-0.25, -0.2) is 0 Å². The summed E-state index contributed by atoms with van der Waals surface area (Å²) in [5.74, 6) is -1.08. The molecule has 2 nitrogen and oxygen atoms in total. The van der Waals surface area contributed by atoms with Gasteiger partial charge in [0.2, 0.25) is 0 Å². The van der Waals surface area contributed by atoms with E-state index in [1.54, 1.807) is 0 Å². The number of carboxylic acids is 1. The molecule has 0 unspecified atom stereocenters. The maximum atomic E-state index is 8.89. The Hall–Kier alpha value is 1.50. The van der Waals surface area contributed by atoms with Gasteiger partial charge in [-0.1, -0.05) is 0 Å². The SMILES string of the molecule is CC(=O)[O-].[Ca+2].[Mg+2]. The number of rotatable bonds is 0.